The van der Waals surface area contributed by atoms with Crippen LogP contribution in [0, 0.1) is 6.92 Å². The molecule has 15 heavy (non-hydrogen) atoms. The molecule has 0 amide bonds. The topological polar surface area (TPSA) is 50.7 Å². The van der Waals surface area contributed by atoms with Crippen molar-refractivity contribution in [2.45, 2.75) is 12.8 Å². The Balaban J connectivity index is 2.11. The molecule has 0 radical (unpaired) electrons. The Morgan fingerprint density at radius 1 is 1.40 bits per heavy atom. The van der Waals surface area contributed by atoms with Crippen LogP contribution >= 0.6 is 22.9 Å². The third-order valence-corrected chi connectivity index (χ3v) is 2.80. The first-order chi connectivity index (χ1) is 7.28. The van der Waals surface area contributed by atoms with E-state index in [1.807, 2.05) is 24.4 Å². The smallest absolute Gasteiger partial charge is 0.188 e. The fourth-order valence-electron chi connectivity index (χ4n) is 1.00. The second-order valence-corrected chi connectivity index (χ2v) is 4.09. The summed E-state index contributed by atoms with van der Waals surface area (Å²) in [7, 11) is 0. The lowest BCUT2D eigenvalue weighted by Gasteiger charge is -1.99. The molecule has 6 heteroatoms. The molecule has 0 bridgehead atoms. The second-order valence-electron chi connectivity index (χ2n) is 2.96. The van der Waals surface area contributed by atoms with Gasteiger partial charge in [-0.3, -0.25) is 0 Å². The zero-order valence-corrected chi connectivity index (χ0v) is 9.64. The first-order valence-corrected chi connectivity index (χ1v) is 5.77. The Morgan fingerprint density at radius 3 is 2.87 bits per heavy atom. The molecule has 0 saturated heterocycles. The number of nitrogens with one attached hydrogen (secondary N) is 1. The molecule has 2 aromatic rings. The van der Waals surface area contributed by atoms with Crippen LogP contribution in [0.2, 0.25) is 0 Å². The molecule has 0 aliphatic heterocycles. The molecule has 0 spiro atoms. The molecule has 0 saturated carbocycles. The van der Waals surface area contributed by atoms with Gasteiger partial charge in [-0.25, -0.2) is 4.98 Å². The standard InChI is InChI=1S/C9H9ClN4S/c1-6-2-3-8(14-13-6)12-9-11-7(4-10)5-15-9/h2-3,5H,4H2,1H3,(H,11,12,14). The summed E-state index contributed by atoms with van der Waals surface area (Å²) in [5.74, 6) is 1.12. The van der Waals surface area contributed by atoms with Crippen molar-refractivity contribution in [1.82, 2.24) is 15.2 Å². The van der Waals surface area contributed by atoms with E-state index in [2.05, 4.69) is 20.5 Å². The maximum absolute atomic E-state index is 5.65. The Labute approximate surface area is 96.3 Å². The SMILES string of the molecule is Cc1ccc(Nc2nc(CCl)cs2)nn1. The van der Waals surface area contributed by atoms with Crippen LogP contribution in [0.25, 0.3) is 0 Å². The summed E-state index contributed by atoms with van der Waals surface area (Å²) in [5.41, 5.74) is 1.75. The molecule has 0 aromatic carbocycles. The van der Waals surface area contributed by atoms with Crippen LogP contribution in [-0.4, -0.2) is 15.2 Å². The Hall–Kier alpha value is -1.20. The van der Waals surface area contributed by atoms with Crippen molar-refractivity contribution < 1.29 is 0 Å². The number of hydrogen-bond donors (Lipinski definition) is 1. The summed E-state index contributed by atoms with van der Waals surface area (Å²) in [6.07, 6.45) is 0. The molecule has 0 aliphatic rings. The lowest BCUT2D eigenvalue weighted by atomic mass is 10.4. The fourth-order valence-corrected chi connectivity index (χ4v) is 1.95. The summed E-state index contributed by atoms with van der Waals surface area (Å²) in [5, 5.41) is 13.7. The fraction of sp³-hybridized carbons (Fsp3) is 0.222. The van der Waals surface area contributed by atoms with Crippen molar-refractivity contribution in [3.8, 4) is 0 Å². The van der Waals surface area contributed by atoms with E-state index in [1.165, 1.54) is 11.3 Å². The minimum absolute atomic E-state index is 0.428. The maximum Gasteiger partial charge on any atom is 0.188 e. The van der Waals surface area contributed by atoms with Gasteiger partial charge in [0.15, 0.2) is 10.9 Å². The third kappa shape index (κ3) is 2.64. The highest BCUT2D eigenvalue weighted by atomic mass is 35.5. The molecule has 0 aliphatic carbocycles. The monoisotopic (exact) mass is 240 g/mol. The van der Waals surface area contributed by atoms with E-state index in [0.717, 1.165) is 16.5 Å². The predicted octanol–water partition coefficient (Wildman–Crippen LogP) is 2.72. The van der Waals surface area contributed by atoms with E-state index < -0.39 is 0 Å². The minimum atomic E-state index is 0.428. The van der Waals surface area contributed by atoms with E-state index in [-0.39, 0.29) is 0 Å². The van der Waals surface area contributed by atoms with E-state index >= 15 is 0 Å². The molecule has 1 N–H and O–H groups in total. The second kappa shape index (κ2) is 4.55. The number of aromatic nitrogens is 3. The Kier molecular flexibility index (Phi) is 3.13. The van der Waals surface area contributed by atoms with Crippen molar-refractivity contribution in [1.29, 1.82) is 0 Å². The van der Waals surface area contributed by atoms with Gasteiger partial charge in [-0.2, -0.15) is 5.10 Å². The molecule has 78 valence electrons. The van der Waals surface area contributed by atoms with Gasteiger partial charge in [0, 0.05) is 5.38 Å². The van der Waals surface area contributed by atoms with Crippen molar-refractivity contribution >= 4 is 33.9 Å². The minimum Gasteiger partial charge on any atom is -0.315 e. The quantitative estimate of drug-likeness (QED) is 0.839. The molecular formula is C9H9ClN4S. The molecule has 0 fully saturated rings. The largest absolute Gasteiger partial charge is 0.315 e. The number of halogens is 1. The van der Waals surface area contributed by atoms with E-state index in [0.29, 0.717) is 11.7 Å². The van der Waals surface area contributed by atoms with Crippen molar-refractivity contribution in [3.05, 3.63) is 28.9 Å². The molecule has 0 atom stereocenters. The van der Waals surface area contributed by atoms with Gasteiger partial charge in [-0.05, 0) is 19.1 Å². The zero-order valence-electron chi connectivity index (χ0n) is 8.07. The number of aryl methyl sites for hydroxylation is 1. The lowest BCUT2D eigenvalue weighted by Crippen LogP contribution is -1.95. The van der Waals surface area contributed by atoms with Crippen molar-refractivity contribution in [2.24, 2.45) is 0 Å². The van der Waals surface area contributed by atoms with E-state index in [4.69, 9.17) is 11.6 Å². The summed E-state index contributed by atoms with van der Waals surface area (Å²) < 4.78 is 0. The molecule has 0 unspecified atom stereocenters. The highest BCUT2D eigenvalue weighted by Gasteiger charge is 2.02. The molecule has 2 rings (SSSR count). The van der Waals surface area contributed by atoms with Gasteiger partial charge in [-0.1, -0.05) is 0 Å². The normalized spacial score (nSPS) is 10.3. The molecule has 2 aromatic heterocycles. The van der Waals surface area contributed by atoms with Gasteiger partial charge in [-0.15, -0.1) is 28.0 Å². The summed E-state index contributed by atoms with van der Waals surface area (Å²) in [6.45, 7) is 1.89. The number of alkyl halides is 1. The Morgan fingerprint density at radius 2 is 2.27 bits per heavy atom. The van der Waals surface area contributed by atoms with Crippen LogP contribution in [0.4, 0.5) is 10.9 Å². The van der Waals surface area contributed by atoms with Gasteiger partial charge >= 0.3 is 0 Å². The summed E-state index contributed by atoms with van der Waals surface area (Å²) in [6, 6.07) is 3.76. The Bertz CT molecular complexity index is 440. The van der Waals surface area contributed by atoms with E-state index in [1.54, 1.807) is 0 Å². The molecule has 4 nitrogen and oxygen atoms in total. The third-order valence-electron chi connectivity index (χ3n) is 1.72. The molecular weight excluding hydrogens is 232 g/mol. The highest BCUT2D eigenvalue weighted by Crippen LogP contribution is 2.19. The van der Waals surface area contributed by atoms with Crippen LogP contribution < -0.4 is 5.32 Å². The average molecular weight is 241 g/mol. The number of nitrogens with zero attached hydrogens (tertiary/aromatic N) is 3. The number of hydrogen-bond acceptors (Lipinski definition) is 5. The van der Waals surface area contributed by atoms with Crippen LogP contribution in [0.15, 0.2) is 17.5 Å². The summed E-state index contributed by atoms with van der Waals surface area (Å²) in [4.78, 5) is 4.25. The first-order valence-electron chi connectivity index (χ1n) is 4.35. The van der Waals surface area contributed by atoms with Crippen LogP contribution in [-0.2, 0) is 5.88 Å². The van der Waals surface area contributed by atoms with Crippen molar-refractivity contribution in [3.63, 3.8) is 0 Å². The van der Waals surface area contributed by atoms with Gasteiger partial charge in [0.2, 0.25) is 0 Å². The summed E-state index contributed by atoms with van der Waals surface area (Å²) >= 11 is 7.15. The lowest BCUT2D eigenvalue weighted by molar-refractivity contribution is 0.985. The van der Waals surface area contributed by atoms with Crippen LogP contribution in [0.5, 0.6) is 0 Å². The van der Waals surface area contributed by atoms with Gasteiger partial charge in [0.25, 0.3) is 0 Å². The predicted molar refractivity (Wildman–Crippen MR) is 61.7 cm³/mol. The first kappa shape index (κ1) is 10.3. The number of rotatable bonds is 3. The van der Waals surface area contributed by atoms with Crippen molar-refractivity contribution in [2.75, 3.05) is 5.32 Å². The average Bonchev–Trinajstić information content (AvgIpc) is 2.69. The number of thiazole rings is 1. The van der Waals surface area contributed by atoms with Crippen LogP contribution in [0.1, 0.15) is 11.4 Å². The molecule has 2 heterocycles. The van der Waals surface area contributed by atoms with Gasteiger partial charge in [0.1, 0.15) is 0 Å². The van der Waals surface area contributed by atoms with Crippen LogP contribution in [0.3, 0.4) is 0 Å². The van der Waals surface area contributed by atoms with E-state index in [9.17, 15) is 0 Å². The maximum atomic E-state index is 5.65. The highest BCUT2D eigenvalue weighted by molar-refractivity contribution is 7.13. The van der Waals surface area contributed by atoms with Gasteiger partial charge < -0.3 is 5.32 Å². The zero-order chi connectivity index (χ0) is 10.7. The number of anilines is 2. The van der Waals surface area contributed by atoms with Gasteiger partial charge in [0.05, 0.1) is 17.3 Å².